The molecule has 0 amide bonds. The van der Waals surface area contributed by atoms with E-state index in [4.69, 9.17) is 0 Å². The Labute approximate surface area is 82.2 Å². The number of rotatable bonds is 1. The molecule has 0 spiro atoms. The van der Waals surface area contributed by atoms with Crippen LogP contribution in [-0.2, 0) is 0 Å². The van der Waals surface area contributed by atoms with Gasteiger partial charge in [-0.1, -0.05) is 31.5 Å². The molecule has 1 aromatic rings. The quantitative estimate of drug-likeness (QED) is 0.676. The predicted octanol–water partition coefficient (Wildman–Crippen LogP) is 3.56. The summed E-state index contributed by atoms with van der Waals surface area (Å²) in [5, 5.41) is 0. The van der Waals surface area contributed by atoms with Crippen molar-refractivity contribution >= 4 is 22.6 Å². The van der Waals surface area contributed by atoms with Gasteiger partial charge in [0.1, 0.15) is 0 Å². The first kappa shape index (κ1) is 9.04. The molecule has 0 N–H and O–H groups in total. The molecule has 1 radical (unpaired) electrons. The van der Waals surface area contributed by atoms with Crippen LogP contribution in [0.1, 0.15) is 25.0 Å². The highest BCUT2D eigenvalue weighted by Crippen LogP contribution is 2.21. The normalized spacial score (nSPS) is 10.6. The zero-order valence-electron chi connectivity index (χ0n) is 7.11. The van der Waals surface area contributed by atoms with Crippen molar-refractivity contribution in [3.8, 4) is 0 Å². The van der Waals surface area contributed by atoms with E-state index in [9.17, 15) is 0 Å². The SMILES string of the molecule is C[C](C)c1cc(C)ccc1I. The van der Waals surface area contributed by atoms with Crippen LogP contribution in [0.25, 0.3) is 0 Å². The van der Waals surface area contributed by atoms with Crippen LogP contribution in [0, 0.1) is 16.4 Å². The van der Waals surface area contributed by atoms with Gasteiger partial charge in [-0.15, -0.1) is 0 Å². The maximum absolute atomic E-state index is 2.37. The molecule has 0 atom stereocenters. The van der Waals surface area contributed by atoms with Gasteiger partial charge in [-0.25, -0.2) is 0 Å². The fourth-order valence-corrected chi connectivity index (χ4v) is 1.90. The maximum Gasteiger partial charge on any atom is 0.0168 e. The van der Waals surface area contributed by atoms with Gasteiger partial charge in [0.2, 0.25) is 0 Å². The molecule has 11 heavy (non-hydrogen) atoms. The number of halogens is 1. The van der Waals surface area contributed by atoms with E-state index in [1.165, 1.54) is 20.6 Å². The van der Waals surface area contributed by atoms with Gasteiger partial charge in [-0.2, -0.15) is 0 Å². The Balaban J connectivity index is 3.13. The third kappa shape index (κ3) is 2.19. The highest BCUT2D eigenvalue weighted by atomic mass is 127. The molecule has 1 rings (SSSR count). The second kappa shape index (κ2) is 3.57. The minimum absolute atomic E-state index is 1.33. The third-order valence-electron chi connectivity index (χ3n) is 1.66. The molecule has 0 unspecified atom stereocenters. The smallest absolute Gasteiger partial charge is 0.0168 e. The fourth-order valence-electron chi connectivity index (χ4n) is 1.02. The zero-order valence-corrected chi connectivity index (χ0v) is 9.27. The standard InChI is InChI=1S/C10H12I/c1-7(2)9-6-8(3)4-5-10(9)11/h4-6H,1-3H3. The first-order chi connectivity index (χ1) is 5.11. The molecule has 0 aliphatic heterocycles. The highest BCUT2D eigenvalue weighted by molar-refractivity contribution is 14.1. The average Bonchev–Trinajstić information content (AvgIpc) is 1.94. The number of hydrogen-bond acceptors (Lipinski definition) is 0. The van der Waals surface area contributed by atoms with E-state index >= 15 is 0 Å². The first-order valence-corrected chi connectivity index (χ1v) is 4.76. The van der Waals surface area contributed by atoms with Crippen molar-refractivity contribution in [2.75, 3.05) is 0 Å². The lowest BCUT2D eigenvalue weighted by Crippen LogP contribution is -1.92. The molecule has 0 aromatic heterocycles. The number of hydrogen-bond donors (Lipinski definition) is 0. The van der Waals surface area contributed by atoms with Gasteiger partial charge in [-0.05, 0) is 47.1 Å². The van der Waals surface area contributed by atoms with Gasteiger partial charge in [0.05, 0.1) is 0 Å². The summed E-state index contributed by atoms with van der Waals surface area (Å²) in [5.74, 6) is 1.39. The van der Waals surface area contributed by atoms with Crippen LogP contribution in [0.3, 0.4) is 0 Å². The summed E-state index contributed by atoms with van der Waals surface area (Å²) >= 11 is 2.37. The summed E-state index contributed by atoms with van der Waals surface area (Å²) in [6, 6.07) is 6.55. The fraction of sp³-hybridized carbons (Fsp3) is 0.300. The summed E-state index contributed by atoms with van der Waals surface area (Å²) in [5.41, 5.74) is 2.72. The molecular weight excluding hydrogens is 247 g/mol. The Bertz CT molecular complexity index is 251. The lowest BCUT2D eigenvalue weighted by Gasteiger charge is -2.07. The van der Waals surface area contributed by atoms with E-state index in [1.807, 2.05) is 0 Å². The van der Waals surface area contributed by atoms with E-state index in [-0.39, 0.29) is 0 Å². The molecular formula is C10H12I. The molecule has 0 bridgehead atoms. The molecule has 0 heterocycles. The molecule has 0 fully saturated rings. The van der Waals surface area contributed by atoms with Crippen molar-refractivity contribution in [3.05, 3.63) is 38.8 Å². The highest BCUT2D eigenvalue weighted by Gasteiger charge is 2.03. The predicted molar refractivity (Wildman–Crippen MR) is 57.6 cm³/mol. The topological polar surface area (TPSA) is 0 Å². The first-order valence-electron chi connectivity index (χ1n) is 3.68. The van der Waals surface area contributed by atoms with Gasteiger partial charge >= 0.3 is 0 Å². The third-order valence-corrected chi connectivity index (χ3v) is 2.60. The lowest BCUT2D eigenvalue weighted by atomic mass is 10.0. The molecule has 1 aromatic carbocycles. The van der Waals surface area contributed by atoms with Crippen molar-refractivity contribution in [1.82, 2.24) is 0 Å². The molecule has 1 heteroatoms. The van der Waals surface area contributed by atoms with Crippen LogP contribution in [0.5, 0.6) is 0 Å². The second-order valence-electron chi connectivity index (χ2n) is 2.98. The summed E-state index contributed by atoms with van der Waals surface area (Å²) in [6.07, 6.45) is 0. The summed E-state index contributed by atoms with van der Waals surface area (Å²) in [4.78, 5) is 0. The van der Waals surface area contributed by atoms with E-state index in [0.29, 0.717) is 0 Å². The number of aryl methyl sites for hydroxylation is 1. The van der Waals surface area contributed by atoms with Crippen molar-refractivity contribution in [3.63, 3.8) is 0 Å². The van der Waals surface area contributed by atoms with Crippen molar-refractivity contribution in [1.29, 1.82) is 0 Å². The summed E-state index contributed by atoms with van der Waals surface area (Å²) in [6.45, 7) is 6.43. The molecule has 0 saturated heterocycles. The monoisotopic (exact) mass is 259 g/mol. The van der Waals surface area contributed by atoms with Crippen LogP contribution in [0.2, 0.25) is 0 Å². The molecule has 59 valence electrons. The number of benzene rings is 1. The van der Waals surface area contributed by atoms with Crippen LogP contribution < -0.4 is 0 Å². The minimum atomic E-state index is 1.33. The van der Waals surface area contributed by atoms with Crippen LogP contribution in [-0.4, -0.2) is 0 Å². The van der Waals surface area contributed by atoms with E-state index in [2.05, 4.69) is 61.6 Å². The molecule has 0 saturated carbocycles. The van der Waals surface area contributed by atoms with Gasteiger partial charge in [0, 0.05) is 3.57 Å². The Kier molecular flexibility index (Phi) is 2.93. The van der Waals surface area contributed by atoms with Crippen LogP contribution in [0.15, 0.2) is 18.2 Å². The van der Waals surface area contributed by atoms with Crippen molar-refractivity contribution in [2.45, 2.75) is 20.8 Å². The Hall–Kier alpha value is -0.0500. The van der Waals surface area contributed by atoms with Crippen LogP contribution >= 0.6 is 22.6 Å². The van der Waals surface area contributed by atoms with Gasteiger partial charge in [0.15, 0.2) is 0 Å². The lowest BCUT2D eigenvalue weighted by molar-refractivity contribution is 1.13. The van der Waals surface area contributed by atoms with Crippen molar-refractivity contribution in [2.24, 2.45) is 0 Å². The van der Waals surface area contributed by atoms with E-state index < -0.39 is 0 Å². The molecule has 0 nitrogen and oxygen atoms in total. The summed E-state index contributed by atoms with van der Waals surface area (Å²) in [7, 11) is 0. The van der Waals surface area contributed by atoms with Crippen LogP contribution in [0.4, 0.5) is 0 Å². The van der Waals surface area contributed by atoms with Gasteiger partial charge in [-0.3, -0.25) is 0 Å². The Morgan fingerprint density at radius 1 is 1.27 bits per heavy atom. The largest absolute Gasteiger partial charge is 0.0583 e. The Morgan fingerprint density at radius 3 is 2.36 bits per heavy atom. The zero-order chi connectivity index (χ0) is 8.43. The molecule has 0 aliphatic rings. The molecule has 0 aliphatic carbocycles. The summed E-state index contributed by atoms with van der Waals surface area (Å²) < 4.78 is 1.34. The van der Waals surface area contributed by atoms with Crippen molar-refractivity contribution < 1.29 is 0 Å². The minimum Gasteiger partial charge on any atom is -0.0583 e. The maximum atomic E-state index is 2.37. The van der Waals surface area contributed by atoms with E-state index in [0.717, 1.165) is 0 Å². The van der Waals surface area contributed by atoms with Gasteiger partial charge < -0.3 is 0 Å². The average molecular weight is 259 g/mol. The Morgan fingerprint density at radius 2 is 1.91 bits per heavy atom. The van der Waals surface area contributed by atoms with Gasteiger partial charge in [0.25, 0.3) is 0 Å². The van der Waals surface area contributed by atoms with E-state index in [1.54, 1.807) is 0 Å². The second-order valence-corrected chi connectivity index (χ2v) is 4.15.